The Balaban J connectivity index is 1.21. The van der Waals surface area contributed by atoms with Crippen molar-refractivity contribution in [1.82, 2.24) is 20.6 Å². The maximum atomic E-state index is 14.2. The largest absolute Gasteiger partial charge is 0.438 e. The van der Waals surface area contributed by atoms with Crippen molar-refractivity contribution in [3.8, 4) is 22.8 Å². The van der Waals surface area contributed by atoms with Crippen LogP contribution in [0.1, 0.15) is 64.2 Å². The number of hydrogen-bond acceptors (Lipinski definition) is 5. The van der Waals surface area contributed by atoms with E-state index < -0.39 is 11.7 Å². The van der Waals surface area contributed by atoms with E-state index >= 15 is 0 Å². The predicted octanol–water partition coefficient (Wildman–Crippen LogP) is 6.62. The molecule has 1 aliphatic carbocycles. The van der Waals surface area contributed by atoms with Gasteiger partial charge < -0.3 is 15.4 Å². The summed E-state index contributed by atoms with van der Waals surface area (Å²) in [7, 11) is 0. The van der Waals surface area contributed by atoms with Gasteiger partial charge >= 0.3 is 0 Å². The second kappa shape index (κ2) is 13.4. The van der Waals surface area contributed by atoms with E-state index in [1.54, 1.807) is 12.1 Å². The van der Waals surface area contributed by atoms with Crippen LogP contribution in [-0.4, -0.2) is 33.9 Å². The molecule has 1 aliphatic rings. The molecule has 1 saturated carbocycles. The van der Waals surface area contributed by atoms with Gasteiger partial charge in [-0.2, -0.15) is 0 Å². The first-order valence-electron chi connectivity index (χ1n) is 14.3. The molecule has 0 spiro atoms. The van der Waals surface area contributed by atoms with Gasteiger partial charge in [0.1, 0.15) is 22.8 Å². The van der Waals surface area contributed by atoms with Crippen molar-refractivity contribution in [3.05, 3.63) is 114 Å². The van der Waals surface area contributed by atoms with Crippen LogP contribution in [0, 0.1) is 19.7 Å². The van der Waals surface area contributed by atoms with Crippen molar-refractivity contribution in [3.63, 3.8) is 0 Å². The van der Waals surface area contributed by atoms with Gasteiger partial charge in [-0.05, 0) is 92.5 Å². The maximum Gasteiger partial charge on any atom is 0.270 e. The second-order valence-electron chi connectivity index (χ2n) is 10.6. The highest BCUT2D eigenvalue weighted by Gasteiger charge is 2.26. The Morgan fingerprint density at radius 2 is 1.60 bits per heavy atom. The van der Waals surface area contributed by atoms with Gasteiger partial charge in [0.05, 0.1) is 6.20 Å². The average molecular weight is 566 g/mol. The number of nitrogens with zero attached hydrogens (tertiary/aromatic N) is 2. The molecule has 42 heavy (non-hydrogen) atoms. The summed E-state index contributed by atoms with van der Waals surface area (Å²) < 4.78 is 20.2. The molecule has 2 N–H and O–H groups in total. The average Bonchev–Trinajstić information content (AvgIpc) is 3.00. The third kappa shape index (κ3) is 7.37. The number of aryl methyl sites for hydroxylation is 2. The summed E-state index contributed by atoms with van der Waals surface area (Å²) in [4.78, 5) is 34.2. The lowest BCUT2D eigenvalue weighted by atomic mass is 9.91. The first kappa shape index (κ1) is 28.9. The molecule has 0 bridgehead atoms. The number of benzene rings is 2. The first-order chi connectivity index (χ1) is 20.4. The van der Waals surface area contributed by atoms with Crippen LogP contribution in [0.4, 0.5) is 4.39 Å². The van der Waals surface area contributed by atoms with Crippen LogP contribution in [0.25, 0.3) is 11.1 Å². The van der Waals surface area contributed by atoms with Crippen molar-refractivity contribution >= 4 is 11.8 Å². The molecule has 2 heterocycles. The van der Waals surface area contributed by atoms with E-state index in [1.165, 1.54) is 5.56 Å². The summed E-state index contributed by atoms with van der Waals surface area (Å²) >= 11 is 0. The monoisotopic (exact) mass is 565 g/mol. The fourth-order valence-electron chi connectivity index (χ4n) is 5.16. The lowest BCUT2D eigenvalue weighted by Gasteiger charge is -2.29. The Morgan fingerprint density at radius 1 is 0.905 bits per heavy atom. The quantitative estimate of drug-likeness (QED) is 0.238. The SMILES string of the molecule is [CH2]CCc1ccc(-c2cccc(Oc3ncc(F)cc3C(=O)N[C@H]3CC[C@H](NC(=O)c4cccc(C)n4)CC3)c2)cc1. The van der Waals surface area contributed by atoms with Gasteiger partial charge in [0.2, 0.25) is 5.88 Å². The molecule has 0 aliphatic heterocycles. The number of ether oxygens (including phenoxy) is 1. The van der Waals surface area contributed by atoms with E-state index in [-0.39, 0.29) is 29.4 Å². The summed E-state index contributed by atoms with van der Waals surface area (Å²) in [6.45, 7) is 5.75. The van der Waals surface area contributed by atoms with Crippen LogP contribution in [0.15, 0.2) is 79.0 Å². The number of hydrogen-bond donors (Lipinski definition) is 2. The Kier molecular flexibility index (Phi) is 9.21. The summed E-state index contributed by atoms with van der Waals surface area (Å²) in [5.41, 5.74) is 4.41. The molecule has 0 unspecified atom stereocenters. The van der Waals surface area contributed by atoms with Gasteiger partial charge in [-0.15, -0.1) is 0 Å². The van der Waals surface area contributed by atoms with E-state index in [2.05, 4.69) is 51.8 Å². The molecule has 0 saturated heterocycles. The van der Waals surface area contributed by atoms with Crippen LogP contribution < -0.4 is 15.4 Å². The molecule has 2 aromatic carbocycles. The van der Waals surface area contributed by atoms with Crippen LogP contribution in [0.3, 0.4) is 0 Å². The highest BCUT2D eigenvalue weighted by atomic mass is 19.1. The molecule has 215 valence electrons. The molecule has 0 atom stereocenters. The van der Waals surface area contributed by atoms with Gasteiger partial charge in [-0.1, -0.05) is 49.4 Å². The number of pyridine rings is 2. The molecular weight excluding hydrogens is 531 g/mol. The second-order valence-corrected chi connectivity index (χ2v) is 10.6. The van der Waals surface area contributed by atoms with Crippen LogP contribution >= 0.6 is 0 Å². The van der Waals surface area contributed by atoms with Gasteiger partial charge in [0.15, 0.2) is 0 Å². The Hall–Kier alpha value is -4.59. The van der Waals surface area contributed by atoms with Gasteiger partial charge in [0.25, 0.3) is 11.8 Å². The van der Waals surface area contributed by atoms with E-state index in [0.29, 0.717) is 37.1 Å². The van der Waals surface area contributed by atoms with Gasteiger partial charge in [-0.3, -0.25) is 9.59 Å². The van der Waals surface area contributed by atoms with E-state index in [0.717, 1.165) is 41.9 Å². The Morgan fingerprint density at radius 3 is 2.29 bits per heavy atom. The van der Waals surface area contributed by atoms with Crippen molar-refractivity contribution in [1.29, 1.82) is 0 Å². The molecule has 5 rings (SSSR count). The van der Waals surface area contributed by atoms with E-state index in [9.17, 15) is 14.0 Å². The summed E-state index contributed by atoms with van der Waals surface area (Å²) in [5, 5.41) is 6.04. The normalized spacial score (nSPS) is 16.5. The third-order valence-electron chi connectivity index (χ3n) is 7.38. The van der Waals surface area contributed by atoms with Gasteiger partial charge in [0, 0.05) is 17.8 Å². The fraction of sp³-hybridized carbons (Fsp3) is 0.265. The summed E-state index contributed by atoms with van der Waals surface area (Å²) in [5.74, 6) is -0.760. The zero-order valence-electron chi connectivity index (χ0n) is 23.6. The van der Waals surface area contributed by atoms with Crippen molar-refractivity contribution in [2.45, 2.75) is 57.5 Å². The molecule has 2 amide bonds. The highest BCUT2D eigenvalue weighted by Crippen LogP contribution is 2.29. The Labute approximate surface area is 245 Å². The first-order valence-corrected chi connectivity index (χ1v) is 14.3. The smallest absolute Gasteiger partial charge is 0.270 e. The third-order valence-corrected chi connectivity index (χ3v) is 7.38. The number of nitrogens with one attached hydrogen (secondary N) is 2. The summed E-state index contributed by atoms with van der Waals surface area (Å²) in [6, 6.07) is 22.1. The van der Waals surface area contributed by atoms with Crippen molar-refractivity contribution < 1.29 is 18.7 Å². The molecule has 1 radical (unpaired) electrons. The standard InChI is InChI=1S/C34H34FN4O3/c1-3-6-23-11-13-24(14-12-23)25-8-5-9-29(19-25)42-34-30(20-26(35)21-36-34)32(40)38-27-15-17-28(18-16-27)39-33(41)31-10-4-7-22(2)37-31/h4-5,7-14,19-21,27-28H,1,3,6,15-18H2,2H3,(H,38,40)(H,39,41)/t27-,28-. The molecule has 1 fully saturated rings. The topological polar surface area (TPSA) is 93.2 Å². The van der Waals surface area contributed by atoms with Crippen molar-refractivity contribution in [2.24, 2.45) is 0 Å². The van der Waals surface area contributed by atoms with Crippen LogP contribution in [-0.2, 0) is 6.42 Å². The number of rotatable bonds is 9. The molecule has 2 aromatic heterocycles. The lowest BCUT2D eigenvalue weighted by molar-refractivity contribution is 0.0887. The number of carbonyl (C=O) groups excluding carboxylic acids is 2. The highest BCUT2D eigenvalue weighted by molar-refractivity contribution is 5.96. The van der Waals surface area contributed by atoms with E-state index in [1.807, 2.05) is 37.3 Å². The fourth-order valence-corrected chi connectivity index (χ4v) is 5.16. The van der Waals surface area contributed by atoms with Gasteiger partial charge in [-0.25, -0.2) is 14.4 Å². The van der Waals surface area contributed by atoms with Crippen LogP contribution in [0.5, 0.6) is 11.6 Å². The zero-order valence-corrected chi connectivity index (χ0v) is 23.6. The van der Waals surface area contributed by atoms with E-state index in [4.69, 9.17) is 4.74 Å². The molecular formula is C34H34FN4O3. The maximum absolute atomic E-state index is 14.2. The number of halogens is 1. The number of aromatic nitrogens is 2. The Bertz CT molecular complexity index is 1550. The zero-order chi connectivity index (χ0) is 29.5. The minimum absolute atomic E-state index is 0.00479. The number of carbonyl (C=O) groups is 2. The predicted molar refractivity (Wildman–Crippen MR) is 160 cm³/mol. The lowest BCUT2D eigenvalue weighted by Crippen LogP contribution is -2.44. The minimum atomic E-state index is -0.625. The number of amides is 2. The van der Waals surface area contributed by atoms with Crippen molar-refractivity contribution in [2.75, 3.05) is 0 Å². The van der Waals surface area contributed by atoms with Crippen LogP contribution in [0.2, 0.25) is 0 Å². The molecule has 4 aromatic rings. The summed E-state index contributed by atoms with van der Waals surface area (Å²) in [6.07, 6.45) is 5.56. The molecule has 8 heteroatoms. The molecule has 7 nitrogen and oxygen atoms in total. The minimum Gasteiger partial charge on any atom is -0.438 e.